The summed E-state index contributed by atoms with van der Waals surface area (Å²) in [6.45, 7) is 7.44. The third-order valence-electron chi connectivity index (χ3n) is 5.19. The van der Waals surface area contributed by atoms with Crippen LogP contribution in [0.3, 0.4) is 0 Å². The zero-order valence-corrected chi connectivity index (χ0v) is 18.0. The van der Waals surface area contributed by atoms with Crippen LogP contribution in [0.2, 0.25) is 6.32 Å². The van der Waals surface area contributed by atoms with E-state index in [4.69, 9.17) is 17.0 Å². The Morgan fingerprint density at radius 3 is 2.81 bits per heavy atom. The number of rotatable bonds is 9. The summed E-state index contributed by atoms with van der Waals surface area (Å²) in [5.41, 5.74) is 2.63. The smallest absolute Gasteiger partial charge is 0.343 e. The number of esters is 1. The number of fused-ring (bicyclic) bond motifs is 1. The van der Waals surface area contributed by atoms with E-state index >= 15 is 0 Å². The summed E-state index contributed by atoms with van der Waals surface area (Å²) >= 11 is 0. The number of carbonyl (C=O) groups excluding carboxylic acids is 1. The van der Waals surface area contributed by atoms with Crippen LogP contribution in [0.1, 0.15) is 19.4 Å². The molecule has 31 heavy (non-hydrogen) atoms. The fourth-order valence-corrected chi connectivity index (χ4v) is 3.47. The van der Waals surface area contributed by atoms with Crippen molar-refractivity contribution in [1.29, 1.82) is 0 Å². The lowest BCUT2D eigenvalue weighted by Gasteiger charge is -2.26. The molecule has 3 rings (SSSR count). The average Bonchev–Trinajstić information content (AvgIpc) is 2.79. The third-order valence-corrected chi connectivity index (χ3v) is 5.19. The lowest BCUT2D eigenvalue weighted by molar-refractivity contribution is -0.141. The van der Waals surface area contributed by atoms with Gasteiger partial charge in [-0.05, 0) is 50.3 Å². The minimum atomic E-state index is -0.424. The van der Waals surface area contributed by atoms with E-state index in [1.807, 2.05) is 48.6 Å². The molecule has 0 aliphatic carbocycles. The second kappa shape index (κ2) is 10.7. The fourth-order valence-electron chi connectivity index (χ4n) is 3.47. The summed E-state index contributed by atoms with van der Waals surface area (Å²) < 4.78 is 10.7. The van der Waals surface area contributed by atoms with E-state index in [-0.39, 0.29) is 18.6 Å². The molecule has 0 saturated carbocycles. The van der Waals surface area contributed by atoms with E-state index in [0.717, 1.165) is 29.9 Å². The van der Waals surface area contributed by atoms with Crippen molar-refractivity contribution in [2.45, 2.75) is 20.2 Å². The molecule has 2 heterocycles. The fraction of sp³-hybridized carbons (Fsp3) is 0.333. The molecule has 0 bridgehead atoms. The van der Waals surface area contributed by atoms with Crippen LogP contribution in [-0.2, 0) is 9.53 Å². The van der Waals surface area contributed by atoms with E-state index in [1.54, 1.807) is 6.08 Å². The highest BCUT2D eigenvalue weighted by Gasteiger charge is 2.11. The topological polar surface area (TPSA) is 63.0 Å². The molecular weight excluding hydrogens is 391 g/mol. The number of benzene rings is 1. The molecule has 0 N–H and O–H groups in total. The van der Waals surface area contributed by atoms with Gasteiger partial charge in [-0.25, -0.2) is 4.79 Å². The highest BCUT2D eigenvalue weighted by molar-refractivity contribution is 6.18. The van der Waals surface area contributed by atoms with Crippen LogP contribution in [-0.4, -0.2) is 51.5 Å². The van der Waals surface area contributed by atoms with Crippen LogP contribution in [0.4, 0.5) is 5.69 Å². The Morgan fingerprint density at radius 2 is 2.06 bits per heavy atom. The van der Waals surface area contributed by atoms with E-state index in [9.17, 15) is 9.59 Å². The molecule has 0 unspecified atom stereocenters. The van der Waals surface area contributed by atoms with E-state index in [2.05, 4.69) is 23.6 Å². The van der Waals surface area contributed by atoms with Crippen molar-refractivity contribution >= 4 is 36.5 Å². The van der Waals surface area contributed by atoms with E-state index in [0.29, 0.717) is 24.2 Å². The number of hydrogen-bond donors (Lipinski definition) is 0. The SMILES string of the molecule is [B]CC(=O)OCCN1CC=CC=C1/C=C/c1cc2ccc(N(CC)CC)cc2oc1=O. The van der Waals surface area contributed by atoms with Gasteiger partial charge in [0.2, 0.25) is 0 Å². The van der Waals surface area contributed by atoms with Gasteiger partial charge in [0.15, 0.2) is 0 Å². The van der Waals surface area contributed by atoms with Gasteiger partial charge in [0, 0.05) is 48.8 Å². The predicted molar refractivity (Wildman–Crippen MR) is 125 cm³/mol. The first-order valence-electron chi connectivity index (χ1n) is 10.5. The van der Waals surface area contributed by atoms with Gasteiger partial charge in [-0.1, -0.05) is 12.2 Å². The molecule has 160 valence electrons. The van der Waals surface area contributed by atoms with Crippen molar-refractivity contribution in [3.8, 4) is 0 Å². The molecule has 0 saturated heterocycles. The Labute approximate surface area is 183 Å². The Morgan fingerprint density at radius 1 is 1.26 bits per heavy atom. The minimum Gasteiger partial charge on any atom is -0.464 e. The lowest BCUT2D eigenvalue weighted by atomic mass is 10.1. The first-order chi connectivity index (χ1) is 15.0. The largest absolute Gasteiger partial charge is 0.464 e. The summed E-state index contributed by atoms with van der Waals surface area (Å²) in [4.78, 5) is 28.0. The van der Waals surface area contributed by atoms with Crippen molar-refractivity contribution < 1.29 is 13.9 Å². The standard InChI is InChI=1S/C24H27BN2O4/c1-3-26(4-2)21-11-8-18-15-19(24(29)31-22(18)16-21)9-10-20-7-5-6-12-27(20)13-14-30-23(28)17-25/h5-11,15-16H,3-4,12-14,17H2,1-2H3/b10-9+. The van der Waals surface area contributed by atoms with Crippen LogP contribution >= 0.6 is 0 Å². The molecule has 0 spiro atoms. The number of ether oxygens (including phenoxy) is 1. The second-order valence-electron chi connectivity index (χ2n) is 7.11. The molecule has 6 nitrogen and oxygen atoms in total. The average molecular weight is 418 g/mol. The summed E-state index contributed by atoms with van der Waals surface area (Å²) in [5.74, 6) is -0.424. The number of anilines is 1. The van der Waals surface area contributed by atoms with Crippen LogP contribution in [0.5, 0.6) is 0 Å². The Balaban J connectivity index is 1.78. The normalized spacial score (nSPS) is 13.6. The number of nitrogens with zero attached hydrogens (tertiary/aromatic N) is 2. The van der Waals surface area contributed by atoms with Gasteiger partial charge in [-0.2, -0.15) is 0 Å². The Hall–Kier alpha value is -3.22. The second-order valence-corrected chi connectivity index (χ2v) is 7.11. The number of allylic oxidation sites excluding steroid dienone is 3. The van der Waals surface area contributed by atoms with Crippen molar-refractivity contribution in [3.05, 3.63) is 70.3 Å². The van der Waals surface area contributed by atoms with Gasteiger partial charge in [0.1, 0.15) is 12.2 Å². The molecule has 7 heteroatoms. The Bertz CT molecular complexity index is 1070. The molecule has 1 aromatic heterocycles. The maximum atomic E-state index is 12.5. The van der Waals surface area contributed by atoms with Gasteiger partial charge >= 0.3 is 5.63 Å². The Kier molecular flexibility index (Phi) is 7.76. The molecule has 2 aromatic rings. The first-order valence-corrected chi connectivity index (χ1v) is 10.5. The van der Waals surface area contributed by atoms with Gasteiger partial charge in [0.25, 0.3) is 5.97 Å². The van der Waals surface area contributed by atoms with Crippen LogP contribution in [0.15, 0.2) is 63.5 Å². The first kappa shape index (κ1) is 22.5. The molecule has 0 fully saturated rings. The maximum absolute atomic E-state index is 12.5. The van der Waals surface area contributed by atoms with Crippen LogP contribution < -0.4 is 10.5 Å². The lowest BCUT2D eigenvalue weighted by Crippen LogP contribution is -2.28. The predicted octanol–water partition coefficient (Wildman–Crippen LogP) is 3.54. The molecule has 1 aliphatic heterocycles. The van der Waals surface area contributed by atoms with E-state index < -0.39 is 5.97 Å². The monoisotopic (exact) mass is 418 g/mol. The van der Waals surface area contributed by atoms with Crippen molar-refractivity contribution in [2.24, 2.45) is 0 Å². The van der Waals surface area contributed by atoms with Gasteiger partial charge in [-0.3, -0.25) is 4.79 Å². The van der Waals surface area contributed by atoms with Gasteiger partial charge in [-0.15, -0.1) is 0 Å². The summed E-state index contributed by atoms with van der Waals surface area (Å²) in [6.07, 6.45) is 9.42. The van der Waals surface area contributed by atoms with E-state index in [1.165, 1.54) is 0 Å². The zero-order chi connectivity index (χ0) is 22.2. The molecule has 0 atom stereocenters. The van der Waals surface area contributed by atoms with Gasteiger partial charge in [0.05, 0.1) is 20.0 Å². The van der Waals surface area contributed by atoms with Crippen molar-refractivity contribution in [2.75, 3.05) is 37.7 Å². The number of hydrogen-bond acceptors (Lipinski definition) is 6. The summed E-state index contributed by atoms with van der Waals surface area (Å²) in [7, 11) is 5.26. The maximum Gasteiger partial charge on any atom is 0.343 e. The summed E-state index contributed by atoms with van der Waals surface area (Å²) in [6, 6.07) is 7.78. The molecule has 1 aliphatic rings. The van der Waals surface area contributed by atoms with Gasteiger partial charge < -0.3 is 19.0 Å². The third kappa shape index (κ3) is 5.69. The molecular formula is C24H27BN2O4. The minimum absolute atomic E-state index is 0.128. The zero-order valence-electron chi connectivity index (χ0n) is 18.0. The van der Waals surface area contributed by atoms with Crippen LogP contribution in [0, 0.1) is 0 Å². The summed E-state index contributed by atoms with van der Waals surface area (Å²) in [5, 5.41) is 0.873. The van der Waals surface area contributed by atoms with Crippen LogP contribution in [0.25, 0.3) is 17.0 Å². The highest BCUT2D eigenvalue weighted by atomic mass is 16.5. The highest BCUT2D eigenvalue weighted by Crippen LogP contribution is 2.22. The quantitative estimate of drug-likeness (QED) is 0.353. The van der Waals surface area contributed by atoms with Crippen molar-refractivity contribution in [3.63, 3.8) is 0 Å². The molecule has 1 aromatic carbocycles. The molecule has 2 radical (unpaired) electrons. The van der Waals surface area contributed by atoms with Crippen molar-refractivity contribution in [1.82, 2.24) is 4.90 Å². The molecule has 0 amide bonds. The number of carbonyl (C=O) groups is 1.